The summed E-state index contributed by atoms with van der Waals surface area (Å²) >= 11 is 0.452. The molecule has 0 N–H and O–H groups in total. The Morgan fingerprint density at radius 1 is 1.28 bits per heavy atom. The number of hydrogen-bond donors (Lipinski definition) is 0. The van der Waals surface area contributed by atoms with Gasteiger partial charge in [-0.25, -0.2) is 4.79 Å². The summed E-state index contributed by atoms with van der Waals surface area (Å²) in [5, 5.41) is 0.197. The van der Waals surface area contributed by atoms with Crippen molar-refractivity contribution in [1.29, 1.82) is 0 Å². The Labute approximate surface area is 145 Å². The maximum atomic E-state index is 12.6. The summed E-state index contributed by atoms with van der Waals surface area (Å²) in [7, 11) is 2.62. The highest BCUT2D eigenvalue weighted by atomic mass is 32.1. The number of methoxy groups -OCH3 is 2. The highest BCUT2D eigenvalue weighted by Gasteiger charge is 2.34. The van der Waals surface area contributed by atoms with Crippen LogP contribution in [0, 0.1) is 0 Å². The van der Waals surface area contributed by atoms with Crippen molar-refractivity contribution in [2.75, 3.05) is 14.2 Å². The van der Waals surface area contributed by atoms with Crippen molar-refractivity contribution in [1.82, 2.24) is 4.98 Å². The highest BCUT2D eigenvalue weighted by molar-refractivity contribution is 7.09. The Morgan fingerprint density at radius 3 is 2.60 bits per heavy atom. The van der Waals surface area contributed by atoms with Gasteiger partial charge in [0.25, 0.3) is 0 Å². The van der Waals surface area contributed by atoms with E-state index < -0.39 is 17.2 Å². The topological polar surface area (TPSA) is 57.7 Å². The number of carbonyl (C=O) groups excluding carboxylic acids is 1. The van der Waals surface area contributed by atoms with Crippen molar-refractivity contribution in [2.45, 2.75) is 12.8 Å². The molecule has 0 aliphatic heterocycles. The second-order valence-electron chi connectivity index (χ2n) is 4.69. The van der Waals surface area contributed by atoms with Crippen LogP contribution >= 0.6 is 11.3 Å². The second kappa shape index (κ2) is 8.02. The van der Waals surface area contributed by atoms with E-state index in [1.165, 1.54) is 25.9 Å². The normalized spacial score (nSPS) is 12.0. The minimum atomic E-state index is -4.51. The van der Waals surface area contributed by atoms with Crippen LogP contribution < -0.4 is 4.74 Å². The average Bonchev–Trinajstić information content (AvgIpc) is 3.07. The predicted octanol–water partition coefficient (Wildman–Crippen LogP) is 3.90. The number of alkyl halides is 3. The van der Waals surface area contributed by atoms with Crippen molar-refractivity contribution < 1.29 is 32.2 Å². The van der Waals surface area contributed by atoms with Crippen molar-refractivity contribution in [3.8, 4) is 5.88 Å². The quantitative estimate of drug-likeness (QED) is 0.437. The van der Waals surface area contributed by atoms with Crippen molar-refractivity contribution in [3.63, 3.8) is 0 Å². The van der Waals surface area contributed by atoms with Gasteiger partial charge in [-0.3, -0.25) is 0 Å². The molecule has 0 bridgehead atoms. The first-order valence-electron chi connectivity index (χ1n) is 6.92. The van der Waals surface area contributed by atoms with Gasteiger partial charge in [0.1, 0.15) is 12.2 Å². The Morgan fingerprint density at radius 2 is 2.00 bits per heavy atom. The fourth-order valence-electron chi connectivity index (χ4n) is 1.97. The van der Waals surface area contributed by atoms with Gasteiger partial charge in [-0.1, -0.05) is 24.3 Å². The van der Waals surface area contributed by atoms with Gasteiger partial charge in [-0.15, -0.1) is 11.3 Å². The Kier molecular flexibility index (Phi) is 6.02. The molecule has 1 heterocycles. The molecule has 2 rings (SSSR count). The van der Waals surface area contributed by atoms with Crippen LogP contribution in [-0.2, 0) is 27.1 Å². The minimum Gasteiger partial charge on any atom is -0.503 e. The van der Waals surface area contributed by atoms with E-state index in [0.29, 0.717) is 22.5 Å². The van der Waals surface area contributed by atoms with Gasteiger partial charge >= 0.3 is 12.1 Å². The third-order valence-corrected chi connectivity index (χ3v) is 3.92. The van der Waals surface area contributed by atoms with E-state index in [9.17, 15) is 18.0 Å². The molecule has 134 valence electrons. The van der Waals surface area contributed by atoms with Crippen LogP contribution in [0.25, 0.3) is 5.57 Å². The lowest BCUT2D eigenvalue weighted by Crippen LogP contribution is -2.08. The summed E-state index contributed by atoms with van der Waals surface area (Å²) in [4.78, 5) is 15.3. The summed E-state index contributed by atoms with van der Waals surface area (Å²) < 4.78 is 52.6. The zero-order valence-corrected chi connectivity index (χ0v) is 14.1. The number of carbonyl (C=O) groups is 1. The number of hydrogen-bond acceptors (Lipinski definition) is 6. The lowest BCUT2D eigenvalue weighted by atomic mass is 10.0. The van der Waals surface area contributed by atoms with Gasteiger partial charge in [-0.2, -0.15) is 18.2 Å². The van der Waals surface area contributed by atoms with Crippen LogP contribution in [0.5, 0.6) is 5.88 Å². The fraction of sp³-hybridized carbons (Fsp3) is 0.250. The number of benzene rings is 1. The average molecular weight is 373 g/mol. The summed E-state index contributed by atoms with van der Waals surface area (Å²) in [6, 6.07) is 6.75. The van der Waals surface area contributed by atoms with E-state index in [0.717, 1.165) is 0 Å². The van der Waals surface area contributed by atoms with E-state index in [1.807, 2.05) is 0 Å². The fourth-order valence-corrected chi connectivity index (χ4v) is 2.57. The van der Waals surface area contributed by atoms with Crippen LogP contribution in [0.4, 0.5) is 13.2 Å². The monoisotopic (exact) mass is 373 g/mol. The van der Waals surface area contributed by atoms with Crippen LogP contribution in [0.2, 0.25) is 0 Å². The van der Waals surface area contributed by atoms with E-state index >= 15 is 0 Å². The number of ether oxygens (including phenoxy) is 3. The van der Waals surface area contributed by atoms with Gasteiger partial charge in [0.2, 0.25) is 10.9 Å². The molecule has 2 aromatic rings. The minimum absolute atomic E-state index is 0.0742. The van der Waals surface area contributed by atoms with Crippen LogP contribution in [0.15, 0.2) is 35.9 Å². The molecular formula is C16H14F3NO4S. The molecule has 25 heavy (non-hydrogen) atoms. The Bertz CT molecular complexity index is 771. The molecule has 9 heteroatoms. The van der Waals surface area contributed by atoms with E-state index in [4.69, 9.17) is 14.2 Å². The largest absolute Gasteiger partial charge is 0.503 e. The molecule has 0 aliphatic rings. The van der Waals surface area contributed by atoms with Gasteiger partial charge in [0.15, 0.2) is 0 Å². The van der Waals surface area contributed by atoms with Gasteiger partial charge in [0, 0.05) is 0 Å². The molecule has 5 nitrogen and oxygen atoms in total. The van der Waals surface area contributed by atoms with Crippen LogP contribution in [0.3, 0.4) is 0 Å². The lowest BCUT2D eigenvalue weighted by Gasteiger charge is -2.11. The first-order valence-corrected chi connectivity index (χ1v) is 7.80. The smallest absolute Gasteiger partial charge is 0.443 e. The van der Waals surface area contributed by atoms with E-state index in [-0.39, 0.29) is 18.1 Å². The number of esters is 1. The standard InChI is InChI=1S/C16H14F3NO4S/c1-22-8-12(14(21)23-2)11-6-4-3-5-10(11)7-24-13-9-25-15(20-13)16(17,18)19/h3-6,8-9H,7H2,1-2H3/b12-8+. The van der Waals surface area contributed by atoms with Crippen molar-refractivity contribution >= 4 is 22.9 Å². The van der Waals surface area contributed by atoms with Gasteiger partial charge in [-0.05, 0) is 11.1 Å². The van der Waals surface area contributed by atoms with Crippen molar-refractivity contribution in [2.24, 2.45) is 0 Å². The highest BCUT2D eigenvalue weighted by Crippen LogP contribution is 2.33. The number of rotatable bonds is 6. The first-order chi connectivity index (χ1) is 11.9. The van der Waals surface area contributed by atoms with Gasteiger partial charge < -0.3 is 14.2 Å². The maximum Gasteiger partial charge on any atom is 0.443 e. The molecule has 1 aromatic carbocycles. The first kappa shape index (κ1) is 18.8. The summed E-state index contributed by atoms with van der Waals surface area (Å²) in [5.41, 5.74) is 1.22. The third kappa shape index (κ3) is 4.72. The third-order valence-electron chi connectivity index (χ3n) is 3.05. The summed E-state index contributed by atoms with van der Waals surface area (Å²) in [6.07, 6.45) is -3.28. The van der Waals surface area contributed by atoms with E-state index in [1.54, 1.807) is 24.3 Å². The molecule has 1 aromatic heterocycles. The second-order valence-corrected chi connectivity index (χ2v) is 5.55. The Hall–Kier alpha value is -2.55. The number of aromatic nitrogens is 1. The number of nitrogens with zero attached hydrogens (tertiary/aromatic N) is 1. The summed E-state index contributed by atoms with van der Waals surface area (Å²) in [6.45, 7) is -0.0742. The zero-order valence-electron chi connectivity index (χ0n) is 13.3. The van der Waals surface area contributed by atoms with Crippen LogP contribution in [-0.4, -0.2) is 25.2 Å². The molecule has 0 aliphatic carbocycles. The van der Waals surface area contributed by atoms with Crippen LogP contribution in [0.1, 0.15) is 16.1 Å². The zero-order chi connectivity index (χ0) is 18.4. The number of halogens is 3. The molecule has 0 saturated heterocycles. The Balaban J connectivity index is 2.22. The molecule has 0 spiro atoms. The van der Waals surface area contributed by atoms with E-state index in [2.05, 4.69) is 4.98 Å². The van der Waals surface area contributed by atoms with Crippen molar-refractivity contribution in [3.05, 3.63) is 52.0 Å². The molecule has 0 atom stereocenters. The predicted molar refractivity (Wildman–Crippen MR) is 84.9 cm³/mol. The molecule has 0 saturated carbocycles. The maximum absolute atomic E-state index is 12.6. The molecule has 0 fully saturated rings. The molecule has 0 unspecified atom stereocenters. The molecular weight excluding hydrogens is 359 g/mol. The van der Waals surface area contributed by atoms with Gasteiger partial charge in [0.05, 0.1) is 25.9 Å². The molecule has 0 radical (unpaired) electrons. The lowest BCUT2D eigenvalue weighted by molar-refractivity contribution is -0.138. The number of thiazole rings is 1. The summed E-state index contributed by atoms with van der Waals surface area (Å²) in [5.74, 6) is -0.746. The molecule has 0 amide bonds. The SMILES string of the molecule is CO/C=C(/C(=O)OC)c1ccccc1COc1csc(C(F)(F)F)n1.